The number of methoxy groups -OCH3 is 2. The van der Waals surface area contributed by atoms with Crippen LogP contribution in [0, 0.1) is 0 Å². The third-order valence-corrected chi connectivity index (χ3v) is 6.10. The largest absolute Gasteiger partial charge is 0.508 e. The Morgan fingerprint density at radius 3 is 2.32 bits per heavy atom. The number of nitrogens with zero attached hydrogens (tertiary/aromatic N) is 2. The molecule has 0 saturated carbocycles. The first-order chi connectivity index (χ1) is 16.3. The van der Waals surface area contributed by atoms with Crippen LogP contribution in [-0.2, 0) is 12.7 Å². The van der Waals surface area contributed by atoms with Gasteiger partial charge in [-0.05, 0) is 54.1 Å². The summed E-state index contributed by atoms with van der Waals surface area (Å²) in [4.78, 5) is 4.15. The molecule has 3 aromatic carbocycles. The maximum absolute atomic E-state index is 13.1. The van der Waals surface area contributed by atoms with Gasteiger partial charge in [-0.15, -0.1) is 0 Å². The predicted molar refractivity (Wildman–Crippen MR) is 126 cm³/mol. The van der Waals surface area contributed by atoms with Crippen molar-refractivity contribution in [2.45, 2.75) is 12.7 Å². The highest BCUT2D eigenvalue weighted by molar-refractivity contribution is 5.73. The summed E-state index contributed by atoms with van der Waals surface area (Å²) in [7, 11) is 3.21. The molecule has 0 bridgehead atoms. The van der Waals surface area contributed by atoms with E-state index in [0.29, 0.717) is 49.9 Å². The highest BCUT2D eigenvalue weighted by atomic mass is 19.4. The number of hydrogen-bond donors (Lipinski definition) is 1. The zero-order chi connectivity index (χ0) is 24.3. The lowest BCUT2D eigenvalue weighted by molar-refractivity contribution is -0.137. The van der Waals surface area contributed by atoms with Crippen LogP contribution in [0.2, 0.25) is 0 Å². The monoisotopic (exact) mass is 472 g/mol. The molecule has 1 heterocycles. The quantitative estimate of drug-likeness (QED) is 0.519. The average Bonchev–Trinajstić information content (AvgIpc) is 2.85. The molecule has 0 aliphatic carbocycles. The molecule has 1 aliphatic rings. The first-order valence-corrected chi connectivity index (χ1v) is 11.0. The van der Waals surface area contributed by atoms with Crippen LogP contribution in [0.1, 0.15) is 11.1 Å². The Labute approximate surface area is 196 Å². The van der Waals surface area contributed by atoms with E-state index in [4.69, 9.17) is 9.47 Å². The molecule has 34 heavy (non-hydrogen) atoms. The predicted octanol–water partition coefficient (Wildman–Crippen LogP) is 5.42. The van der Waals surface area contributed by atoms with E-state index >= 15 is 0 Å². The second-order valence-corrected chi connectivity index (χ2v) is 8.22. The van der Waals surface area contributed by atoms with E-state index in [1.165, 1.54) is 12.1 Å². The van der Waals surface area contributed by atoms with Crippen LogP contribution in [0.5, 0.6) is 17.2 Å². The smallest absolute Gasteiger partial charge is 0.416 e. The lowest BCUT2D eigenvalue weighted by Crippen LogP contribution is -2.46. The minimum atomic E-state index is -4.36. The summed E-state index contributed by atoms with van der Waals surface area (Å²) in [5.41, 5.74) is 2.46. The molecule has 0 spiro atoms. The van der Waals surface area contributed by atoms with Crippen molar-refractivity contribution in [3.05, 3.63) is 71.8 Å². The summed E-state index contributed by atoms with van der Waals surface area (Å²) >= 11 is 0. The maximum Gasteiger partial charge on any atom is 0.416 e. The molecule has 1 aliphatic heterocycles. The fraction of sp³-hybridized carbons (Fsp3) is 0.308. The second-order valence-electron chi connectivity index (χ2n) is 8.22. The number of alkyl halides is 3. The van der Waals surface area contributed by atoms with Crippen LogP contribution in [0.15, 0.2) is 60.7 Å². The molecule has 0 atom stereocenters. The minimum Gasteiger partial charge on any atom is -0.508 e. The molecule has 0 aromatic heterocycles. The Balaban J connectivity index is 1.47. The SMILES string of the molecule is COc1ccc(OC)c(-c2ccc(O)c(CN3CCN(c4cccc(C(F)(F)F)c4)CC3)c2)c1. The Morgan fingerprint density at radius 2 is 1.65 bits per heavy atom. The van der Waals surface area contributed by atoms with Gasteiger partial charge in [-0.3, -0.25) is 4.90 Å². The molecule has 1 fully saturated rings. The summed E-state index contributed by atoms with van der Waals surface area (Å²) in [5.74, 6) is 1.61. The first kappa shape index (κ1) is 23.8. The summed E-state index contributed by atoms with van der Waals surface area (Å²) in [5, 5.41) is 10.5. The van der Waals surface area contributed by atoms with E-state index in [1.807, 2.05) is 35.2 Å². The Hall–Kier alpha value is -3.39. The van der Waals surface area contributed by atoms with Crippen molar-refractivity contribution in [2.75, 3.05) is 45.3 Å². The topological polar surface area (TPSA) is 45.2 Å². The number of aromatic hydroxyl groups is 1. The highest BCUT2D eigenvalue weighted by Gasteiger charge is 2.31. The number of phenols is 1. The van der Waals surface area contributed by atoms with Gasteiger partial charge >= 0.3 is 6.18 Å². The van der Waals surface area contributed by atoms with Gasteiger partial charge in [0.2, 0.25) is 0 Å². The lowest BCUT2D eigenvalue weighted by Gasteiger charge is -2.36. The molecule has 0 amide bonds. The van der Waals surface area contributed by atoms with Crippen molar-refractivity contribution in [1.82, 2.24) is 4.90 Å². The van der Waals surface area contributed by atoms with E-state index in [2.05, 4.69) is 4.90 Å². The number of halogens is 3. The van der Waals surface area contributed by atoms with Gasteiger partial charge in [-0.1, -0.05) is 12.1 Å². The molecular formula is C26H27F3N2O3. The Bertz CT molecular complexity index is 1140. The second kappa shape index (κ2) is 9.85. The fourth-order valence-corrected chi connectivity index (χ4v) is 4.20. The van der Waals surface area contributed by atoms with Crippen LogP contribution in [0.25, 0.3) is 11.1 Å². The standard InChI is InChI=1S/C26H27F3N2O3/c1-33-22-7-9-25(34-2)23(16-22)18-6-8-24(32)19(14-18)17-30-10-12-31(13-11-30)21-5-3-4-20(15-21)26(27,28)29/h3-9,14-16,32H,10-13,17H2,1-2H3. The van der Waals surface area contributed by atoms with Crippen molar-refractivity contribution in [1.29, 1.82) is 0 Å². The number of anilines is 1. The van der Waals surface area contributed by atoms with E-state index in [9.17, 15) is 18.3 Å². The van der Waals surface area contributed by atoms with Crippen LogP contribution < -0.4 is 14.4 Å². The Kier molecular flexibility index (Phi) is 6.88. The molecule has 5 nitrogen and oxygen atoms in total. The van der Waals surface area contributed by atoms with Gasteiger partial charge in [0.1, 0.15) is 17.2 Å². The lowest BCUT2D eigenvalue weighted by atomic mass is 10.0. The molecule has 1 saturated heterocycles. The normalized spacial score (nSPS) is 14.8. The van der Waals surface area contributed by atoms with Crippen molar-refractivity contribution in [3.63, 3.8) is 0 Å². The number of ether oxygens (including phenoxy) is 2. The van der Waals surface area contributed by atoms with Gasteiger partial charge in [-0.25, -0.2) is 0 Å². The van der Waals surface area contributed by atoms with Gasteiger partial charge < -0.3 is 19.5 Å². The molecule has 4 rings (SSSR count). The van der Waals surface area contributed by atoms with E-state index < -0.39 is 11.7 Å². The molecule has 8 heteroatoms. The molecule has 0 radical (unpaired) electrons. The first-order valence-electron chi connectivity index (χ1n) is 11.0. The van der Waals surface area contributed by atoms with E-state index in [-0.39, 0.29) is 5.75 Å². The van der Waals surface area contributed by atoms with Gasteiger partial charge in [0, 0.05) is 49.5 Å². The van der Waals surface area contributed by atoms with Gasteiger partial charge in [-0.2, -0.15) is 13.2 Å². The number of phenolic OH excluding ortho intramolecular Hbond substituents is 1. The zero-order valence-electron chi connectivity index (χ0n) is 19.1. The molecule has 180 valence electrons. The van der Waals surface area contributed by atoms with Crippen LogP contribution in [-0.4, -0.2) is 50.4 Å². The maximum atomic E-state index is 13.1. The number of hydrogen-bond acceptors (Lipinski definition) is 5. The van der Waals surface area contributed by atoms with Crippen LogP contribution in [0.3, 0.4) is 0 Å². The summed E-state index contributed by atoms with van der Waals surface area (Å²) in [6.07, 6.45) is -4.36. The number of rotatable bonds is 6. The van der Waals surface area contributed by atoms with Crippen molar-refractivity contribution in [2.24, 2.45) is 0 Å². The Morgan fingerprint density at radius 1 is 0.882 bits per heavy atom. The van der Waals surface area contributed by atoms with Crippen molar-refractivity contribution in [3.8, 4) is 28.4 Å². The molecule has 1 N–H and O–H groups in total. The van der Waals surface area contributed by atoms with Crippen LogP contribution >= 0.6 is 0 Å². The third-order valence-electron chi connectivity index (χ3n) is 6.10. The van der Waals surface area contributed by atoms with Crippen LogP contribution in [0.4, 0.5) is 18.9 Å². The third kappa shape index (κ3) is 5.22. The summed E-state index contributed by atoms with van der Waals surface area (Å²) in [6.45, 7) is 3.07. The number of piperazine rings is 1. The fourth-order valence-electron chi connectivity index (χ4n) is 4.20. The van der Waals surface area contributed by atoms with E-state index in [0.717, 1.165) is 22.8 Å². The molecule has 0 unspecified atom stereocenters. The molecular weight excluding hydrogens is 445 g/mol. The van der Waals surface area contributed by atoms with Crippen molar-refractivity contribution < 1.29 is 27.8 Å². The summed E-state index contributed by atoms with van der Waals surface area (Å²) in [6, 6.07) is 16.4. The average molecular weight is 473 g/mol. The summed E-state index contributed by atoms with van der Waals surface area (Å²) < 4.78 is 50.0. The van der Waals surface area contributed by atoms with Gasteiger partial charge in [0.25, 0.3) is 0 Å². The zero-order valence-corrected chi connectivity index (χ0v) is 19.1. The van der Waals surface area contributed by atoms with Gasteiger partial charge in [0.15, 0.2) is 0 Å². The number of benzene rings is 3. The van der Waals surface area contributed by atoms with E-state index in [1.54, 1.807) is 26.4 Å². The highest BCUT2D eigenvalue weighted by Crippen LogP contribution is 2.36. The minimum absolute atomic E-state index is 0.200. The van der Waals surface area contributed by atoms with Crippen molar-refractivity contribution >= 4 is 5.69 Å². The van der Waals surface area contributed by atoms with Gasteiger partial charge in [0.05, 0.1) is 19.8 Å². The molecule has 3 aromatic rings.